The normalized spacial score (nSPS) is 15.2. The van der Waals surface area contributed by atoms with Crippen molar-refractivity contribution in [3.8, 4) is 0 Å². The van der Waals surface area contributed by atoms with Crippen LogP contribution in [0.1, 0.15) is 40.2 Å². The largest absolute Gasteiger partial charge is 0.478 e. The van der Waals surface area contributed by atoms with Crippen LogP contribution in [0.25, 0.3) is 0 Å². The standard InChI is InChI=1S/C25H27N3O3/c29-14-13-28(20-7-2-1-3-8-20)21-9-10-22-18(15-21)5-4-6-19(22)16-27-24-17-26-12-11-23(24)25(30)31/h1-3,7-12,15,17,19,27,29H,4-6,13-14,16H2,(H,30,31)/t19-/m0/s1. The van der Waals surface area contributed by atoms with E-state index < -0.39 is 5.97 Å². The van der Waals surface area contributed by atoms with Crippen molar-refractivity contribution in [2.45, 2.75) is 25.2 Å². The minimum absolute atomic E-state index is 0.0789. The predicted octanol–water partition coefficient (Wildman–Crippen LogP) is 4.44. The third kappa shape index (κ3) is 4.70. The molecule has 160 valence electrons. The summed E-state index contributed by atoms with van der Waals surface area (Å²) in [5, 5.41) is 22.3. The first-order valence-corrected chi connectivity index (χ1v) is 10.6. The smallest absolute Gasteiger partial charge is 0.337 e. The highest BCUT2D eigenvalue weighted by atomic mass is 16.4. The maximum absolute atomic E-state index is 11.5. The number of para-hydroxylation sites is 1. The van der Waals surface area contributed by atoms with E-state index >= 15 is 0 Å². The van der Waals surface area contributed by atoms with Gasteiger partial charge in [0, 0.05) is 36.6 Å². The van der Waals surface area contributed by atoms with Crippen molar-refractivity contribution in [3.63, 3.8) is 0 Å². The third-order valence-electron chi connectivity index (χ3n) is 5.86. The number of rotatable bonds is 8. The van der Waals surface area contributed by atoms with Gasteiger partial charge in [0.25, 0.3) is 0 Å². The number of carboxylic acid groups (broad SMARTS) is 1. The summed E-state index contributed by atoms with van der Waals surface area (Å²) in [6.07, 6.45) is 6.24. The molecule has 0 amide bonds. The lowest BCUT2D eigenvalue weighted by Gasteiger charge is -2.30. The van der Waals surface area contributed by atoms with E-state index in [1.54, 1.807) is 6.20 Å². The van der Waals surface area contributed by atoms with E-state index in [0.717, 1.165) is 30.6 Å². The summed E-state index contributed by atoms with van der Waals surface area (Å²) in [5.74, 6) is -0.647. The van der Waals surface area contributed by atoms with Crippen LogP contribution in [0.2, 0.25) is 0 Å². The van der Waals surface area contributed by atoms with E-state index in [4.69, 9.17) is 0 Å². The van der Waals surface area contributed by atoms with Gasteiger partial charge in [-0.05, 0) is 60.7 Å². The van der Waals surface area contributed by atoms with Gasteiger partial charge in [0.2, 0.25) is 0 Å². The number of carbonyl (C=O) groups is 1. The molecule has 1 aliphatic carbocycles. The molecule has 0 aliphatic heterocycles. The molecule has 0 unspecified atom stereocenters. The second kappa shape index (κ2) is 9.62. The Kier molecular flexibility index (Phi) is 6.48. The Balaban J connectivity index is 1.55. The summed E-state index contributed by atoms with van der Waals surface area (Å²) in [5.41, 5.74) is 5.55. The highest BCUT2D eigenvalue weighted by molar-refractivity contribution is 5.93. The highest BCUT2D eigenvalue weighted by Crippen LogP contribution is 2.36. The van der Waals surface area contributed by atoms with Crippen molar-refractivity contribution < 1.29 is 15.0 Å². The molecule has 1 atom stereocenters. The number of aromatic carboxylic acids is 1. The van der Waals surface area contributed by atoms with E-state index in [1.807, 2.05) is 18.2 Å². The molecule has 0 saturated carbocycles. The summed E-state index contributed by atoms with van der Waals surface area (Å²) in [6.45, 7) is 1.28. The molecule has 31 heavy (non-hydrogen) atoms. The lowest BCUT2D eigenvalue weighted by molar-refractivity contribution is 0.0697. The maximum atomic E-state index is 11.5. The van der Waals surface area contributed by atoms with Crippen LogP contribution < -0.4 is 10.2 Å². The molecular formula is C25H27N3O3. The van der Waals surface area contributed by atoms with Crippen molar-refractivity contribution in [1.29, 1.82) is 0 Å². The first-order valence-electron chi connectivity index (χ1n) is 10.6. The third-order valence-corrected chi connectivity index (χ3v) is 5.86. The maximum Gasteiger partial charge on any atom is 0.337 e. The van der Waals surface area contributed by atoms with Gasteiger partial charge in [0.05, 0.1) is 24.1 Å². The van der Waals surface area contributed by atoms with Gasteiger partial charge in [0.15, 0.2) is 0 Å². The highest BCUT2D eigenvalue weighted by Gasteiger charge is 2.22. The molecule has 1 aromatic heterocycles. The second-order valence-corrected chi connectivity index (χ2v) is 7.79. The fourth-order valence-corrected chi connectivity index (χ4v) is 4.35. The van der Waals surface area contributed by atoms with Crippen LogP contribution in [-0.4, -0.2) is 40.9 Å². The van der Waals surface area contributed by atoms with E-state index in [0.29, 0.717) is 24.7 Å². The van der Waals surface area contributed by atoms with E-state index in [-0.39, 0.29) is 12.2 Å². The number of hydrogen-bond donors (Lipinski definition) is 3. The summed E-state index contributed by atoms with van der Waals surface area (Å²) >= 11 is 0. The number of pyridine rings is 1. The molecule has 0 fully saturated rings. The topological polar surface area (TPSA) is 85.7 Å². The van der Waals surface area contributed by atoms with Crippen LogP contribution in [0, 0.1) is 0 Å². The summed E-state index contributed by atoms with van der Waals surface area (Å²) in [6, 6.07) is 18.2. The Labute approximate surface area is 182 Å². The van der Waals surface area contributed by atoms with Gasteiger partial charge in [-0.3, -0.25) is 4.98 Å². The number of hydrogen-bond acceptors (Lipinski definition) is 5. The number of aromatic nitrogens is 1. The lowest BCUT2D eigenvalue weighted by atomic mass is 9.82. The molecule has 3 aromatic rings. The van der Waals surface area contributed by atoms with E-state index in [1.165, 1.54) is 23.4 Å². The van der Waals surface area contributed by atoms with Gasteiger partial charge >= 0.3 is 5.97 Å². The zero-order valence-electron chi connectivity index (χ0n) is 17.4. The van der Waals surface area contributed by atoms with Crippen molar-refractivity contribution in [1.82, 2.24) is 4.98 Å². The molecular weight excluding hydrogens is 390 g/mol. The van der Waals surface area contributed by atoms with Gasteiger partial charge in [-0.2, -0.15) is 0 Å². The molecule has 1 heterocycles. The molecule has 6 heteroatoms. The number of anilines is 3. The second-order valence-electron chi connectivity index (χ2n) is 7.79. The molecule has 0 spiro atoms. The predicted molar refractivity (Wildman–Crippen MR) is 122 cm³/mol. The van der Waals surface area contributed by atoms with Gasteiger partial charge in [-0.1, -0.05) is 24.3 Å². The first kappa shape index (κ1) is 20.9. The molecule has 3 N–H and O–H groups in total. The van der Waals surface area contributed by atoms with E-state index in [2.05, 4.69) is 45.5 Å². The number of fused-ring (bicyclic) bond motifs is 1. The Morgan fingerprint density at radius 1 is 1.13 bits per heavy atom. The van der Waals surface area contributed by atoms with Crippen molar-refractivity contribution in [2.24, 2.45) is 0 Å². The van der Waals surface area contributed by atoms with Crippen molar-refractivity contribution in [2.75, 3.05) is 29.9 Å². The average Bonchev–Trinajstić information content (AvgIpc) is 2.81. The molecule has 0 radical (unpaired) electrons. The molecule has 4 rings (SSSR count). The number of nitrogens with one attached hydrogen (secondary N) is 1. The van der Waals surface area contributed by atoms with Gasteiger partial charge in [-0.15, -0.1) is 0 Å². The number of benzene rings is 2. The number of aliphatic hydroxyl groups excluding tert-OH is 1. The van der Waals surface area contributed by atoms with Crippen LogP contribution >= 0.6 is 0 Å². The molecule has 0 saturated heterocycles. The monoisotopic (exact) mass is 417 g/mol. The SMILES string of the molecule is O=C(O)c1ccncc1NC[C@@H]1CCCc2cc(N(CCO)c3ccccc3)ccc21. The summed E-state index contributed by atoms with van der Waals surface area (Å²) in [4.78, 5) is 17.6. The number of carboxylic acids is 1. The van der Waals surface area contributed by atoms with Crippen LogP contribution in [0.15, 0.2) is 67.0 Å². The van der Waals surface area contributed by atoms with Crippen molar-refractivity contribution >= 4 is 23.0 Å². The van der Waals surface area contributed by atoms with Gasteiger partial charge in [0.1, 0.15) is 0 Å². The zero-order chi connectivity index (χ0) is 21.6. The number of aliphatic hydroxyl groups is 1. The Bertz CT molecular complexity index is 1040. The van der Waals surface area contributed by atoms with Gasteiger partial charge < -0.3 is 20.4 Å². The van der Waals surface area contributed by atoms with Gasteiger partial charge in [-0.25, -0.2) is 4.79 Å². The van der Waals surface area contributed by atoms with E-state index in [9.17, 15) is 15.0 Å². The van der Waals surface area contributed by atoms with Crippen molar-refractivity contribution in [3.05, 3.63) is 83.7 Å². The molecule has 6 nitrogen and oxygen atoms in total. The molecule has 1 aliphatic rings. The fraction of sp³-hybridized carbons (Fsp3) is 0.280. The molecule has 0 bridgehead atoms. The average molecular weight is 418 g/mol. The number of aryl methyl sites for hydroxylation is 1. The first-order chi connectivity index (χ1) is 15.2. The van der Waals surface area contributed by atoms with Crippen LogP contribution in [0.4, 0.5) is 17.1 Å². The summed E-state index contributed by atoms with van der Waals surface area (Å²) in [7, 11) is 0. The lowest BCUT2D eigenvalue weighted by Crippen LogP contribution is -2.23. The Morgan fingerprint density at radius 3 is 2.74 bits per heavy atom. The summed E-state index contributed by atoms with van der Waals surface area (Å²) < 4.78 is 0. The number of nitrogens with zero attached hydrogens (tertiary/aromatic N) is 2. The van der Waals surface area contributed by atoms with Crippen LogP contribution in [-0.2, 0) is 6.42 Å². The minimum Gasteiger partial charge on any atom is -0.478 e. The Hall–Kier alpha value is -3.38. The molecule has 2 aromatic carbocycles. The fourth-order valence-electron chi connectivity index (χ4n) is 4.35. The minimum atomic E-state index is -0.955. The quantitative estimate of drug-likeness (QED) is 0.502. The van der Waals surface area contributed by atoms with Crippen LogP contribution in [0.5, 0.6) is 0 Å². The Morgan fingerprint density at radius 2 is 1.97 bits per heavy atom. The van der Waals surface area contributed by atoms with Crippen LogP contribution in [0.3, 0.4) is 0 Å². The zero-order valence-corrected chi connectivity index (χ0v) is 17.4.